The second kappa shape index (κ2) is 10.8. The van der Waals surface area contributed by atoms with E-state index in [9.17, 15) is 22.4 Å². The van der Waals surface area contributed by atoms with E-state index >= 15 is 0 Å². The summed E-state index contributed by atoms with van der Waals surface area (Å²) in [7, 11) is -3.61. The van der Waals surface area contributed by atoms with E-state index in [1.807, 2.05) is 0 Å². The molecule has 2 N–H and O–H groups in total. The number of hydrogen-bond donors (Lipinski definition) is 2. The minimum absolute atomic E-state index is 0.0234. The normalized spacial score (nSPS) is 11.1. The van der Waals surface area contributed by atoms with Crippen LogP contribution in [-0.2, 0) is 21.4 Å². The molecule has 0 aliphatic carbocycles. The highest BCUT2D eigenvalue weighted by atomic mass is 32.2. The van der Waals surface area contributed by atoms with Crippen LogP contribution in [0.3, 0.4) is 0 Å². The third kappa shape index (κ3) is 6.91. The van der Waals surface area contributed by atoms with Crippen molar-refractivity contribution in [1.82, 2.24) is 5.32 Å². The first-order valence-electron chi connectivity index (χ1n) is 10.2. The quantitative estimate of drug-likeness (QED) is 0.468. The molecule has 1 aromatic heterocycles. The maximum absolute atomic E-state index is 13.2. The number of hydrogen-bond acceptors (Lipinski definition) is 5. The van der Waals surface area contributed by atoms with Gasteiger partial charge in [-0.2, -0.15) is 0 Å². The number of carbonyl (C=O) groups excluding carboxylic acids is 2. The number of amides is 2. The van der Waals surface area contributed by atoms with Crippen LogP contribution in [0.15, 0.2) is 71.3 Å². The Morgan fingerprint density at radius 3 is 2.42 bits per heavy atom. The molecule has 1 heterocycles. The van der Waals surface area contributed by atoms with Crippen LogP contribution < -0.4 is 14.9 Å². The summed E-state index contributed by atoms with van der Waals surface area (Å²) in [5, 5.41) is 5.43. The van der Waals surface area contributed by atoms with Gasteiger partial charge in [0, 0.05) is 13.0 Å². The van der Waals surface area contributed by atoms with Crippen molar-refractivity contribution in [2.45, 2.75) is 19.4 Å². The molecule has 2 aromatic carbocycles. The molecule has 2 amide bonds. The van der Waals surface area contributed by atoms with Gasteiger partial charge in [0.1, 0.15) is 11.6 Å². The predicted octanol–water partition coefficient (Wildman–Crippen LogP) is 3.53. The van der Waals surface area contributed by atoms with E-state index in [2.05, 4.69) is 10.6 Å². The van der Waals surface area contributed by atoms with Crippen molar-refractivity contribution in [2.24, 2.45) is 0 Å². The molecule has 0 unspecified atom stereocenters. The van der Waals surface area contributed by atoms with Crippen molar-refractivity contribution < 1.29 is 26.8 Å². The Labute approximate surface area is 191 Å². The number of anilines is 2. The van der Waals surface area contributed by atoms with Gasteiger partial charge in [-0.1, -0.05) is 12.1 Å². The summed E-state index contributed by atoms with van der Waals surface area (Å²) in [6.45, 7) is 0.252. The zero-order valence-electron chi connectivity index (χ0n) is 18.0. The van der Waals surface area contributed by atoms with Crippen LogP contribution in [0.4, 0.5) is 15.8 Å². The number of para-hydroxylation sites is 1. The van der Waals surface area contributed by atoms with E-state index in [0.29, 0.717) is 22.7 Å². The first-order chi connectivity index (χ1) is 15.7. The molecule has 3 aromatic rings. The van der Waals surface area contributed by atoms with Crippen LogP contribution in [0, 0.1) is 5.82 Å². The van der Waals surface area contributed by atoms with Gasteiger partial charge < -0.3 is 15.1 Å². The van der Waals surface area contributed by atoms with Gasteiger partial charge in [0.05, 0.1) is 36.0 Å². The Bertz CT molecular complexity index is 1200. The van der Waals surface area contributed by atoms with Crippen LogP contribution in [0.1, 0.15) is 29.0 Å². The number of carbonyl (C=O) groups is 2. The van der Waals surface area contributed by atoms with Crippen LogP contribution in [0.2, 0.25) is 0 Å². The number of halogens is 1. The Hall–Kier alpha value is -3.66. The summed E-state index contributed by atoms with van der Waals surface area (Å²) in [5.74, 6) is -0.615. The highest BCUT2D eigenvalue weighted by Gasteiger charge is 2.18. The van der Waals surface area contributed by atoms with E-state index in [-0.39, 0.29) is 37.7 Å². The lowest BCUT2D eigenvalue weighted by molar-refractivity contribution is -0.116. The van der Waals surface area contributed by atoms with E-state index in [0.717, 1.165) is 10.6 Å². The number of sulfonamides is 1. The van der Waals surface area contributed by atoms with Gasteiger partial charge in [-0.3, -0.25) is 13.9 Å². The maximum atomic E-state index is 13.2. The first-order valence-corrected chi connectivity index (χ1v) is 12.0. The van der Waals surface area contributed by atoms with Gasteiger partial charge in [0.25, 0.3) is 5.91 Å². The molecular formula is C23H24FN3O5S. The molecule has 3 rings (SSSR count). The summed E-state index contributed by atoms with van der Waals surface area (Å²) >= 11 is 0. The van der Waals surface area contributed by atoms with Gasteiger partial charge in [-0.25, -0.2) is 12.8 Å². The molecule has 0 aliphatic heterocycles. The zero-order chi connectivity index (χ0) is 23.8. The largest absolute Gasteiger partial charge is 0.467 e. The fraction of sp³-hybridized carbons (Fsp3) is 0.217. The van der Waals surface area contributed by atoms with Crippen molar-refractivity contribution in [1.29, 1.82) is 0 Å². The highest BCUT2D eigenvalue weighted by Crippen LogP contribution is 2.20. The zero-order valence-corrected chi connectivity index (χ0v) is 18.8. The molecule has 0 bridgehead atoms. The lowest BCUT2D eigenvalue weighted by atomic mass is 10.1. The molecular weight excluding hydrogens is 449 g/mol. The van der Waals surface area contributed by atoms with Gasteiger partial charge in [-0.05, 0) is 55.0 Å². The predicted molar refractivity (Wildman–Crippen MR) is 123 cm³/mol. The van der Waals surface area contributed by atoms with E-state index in [1.165, 1.54) is 30.5 Å². The van der Waals surface area contributed by atoms with Crippen LogP contribution in [0.25, 0.3) is 0 Å². The van der Waals surface area contributed by atoms with Crippen LogP contribution in [-0.4, -0.2) is 33.0 Å². The number of benzene rings is 2. The molecule has 0 atom stereocenters. The average molecular weight is 474 g/mol. The van der Waals surface area contributed by atoms with Crippen molar-refractivity contribution in [2.75, 3.05) is 22.4 Å². The molecule has 0 fully saturated rings. The monoisotopic (exact) mass is 473 g/mol. The fourth-order valence-corrected chi connectivity index (χ4v) is 4.12. The second-order valence-corrected chi connectivity index (χ2v) is 9.18. The Balaban J connectivity index is 1.58. The van der Waals surface area contributed by atoms with Crippen molar-refractivity contribution >= 4 is 33.2 Å². The van der Waals surface area contributed by atoms with Crippen LogP contribution >= 0.6 is 0 Å². The molecule has 0 aliphatic rings. The summed E-state index contributed by atoms with van der Waals surface area (Å²) in [6, 6.07) is 15.1. The lowest BCUT2D eigenvalue weighted by Gasteiger charge is -2.22. The molecule has 0 saturated heterocycles. The fourth-order valence-electron chi connectivity index (χ4n) is 3.16. The summed E-state index contributed by atoms with van der Waals surface area (Å²) in [5.41, 5.74) is 0.956. The maximum Gasteiger partial charge on any atom is 0.253 e. The van der Waals surface area contributed by atoms with Crippen molar-refractivity contribution in [3.63, 3.8) is 0 Å². The number of rotatable bonds is 10. The molecule has 0 radical (unpaired) electrons. The highest BCUT2D eigenvalue weighted by molar-refractivity contribution is 7.92. The minimum Gasteiger partial charge on any atom is -0.467 e. The first kappa shape index (κ1) is 24.0. The second-order valence-electron chi connectivity index (χ2n) is 7.27. The number of furan rings is 1. The molecule has 8 nitrogen and oxygen atoms in total. The Morgan fingerprint density at radius 1 is 1.03 bits per heavy atom. The van der Waals surface area contributed by atoms with Gasteiger partial charge in [0.15, 0.2) is 0 Å². The summed E-state index contributed by atoms with van der Waals surface area (Å²) in [4.78, 5) is 25.0. The molecule has 33 heavy (non-hydrogen) atoms. The average Bonchev–Trinajstić information content (AvgIpc) is 3.29. The standard InChI is InChI=1S/C23H24FN3O5S/c1-33(30,31)27(18-12-10-17(24)11-13-18)14-4-9-22(28)26-21-8-3-2-7-20(21)23(29)25-16-19-6-5-15-32-19/h2-3,5-8,10-13,15H,4,9,14,16H2,1H3,(H,25,29)(H,26,28). The lowest BCUT2D eigenvalue weighted by Crippen LogP contribution is -2.31. The van der Waals surface area contributed by atoms with E-state index in [4.69, 9.17) is 4.42 Å². The third-order valence-electron chi connectivity index (χ3n) is 4.73. The number of nitrogens with one attached hydrogen (secondary N) is 2. The molecule has 10 heteroatoms. The SMILES string of the molecule is CS(=O)(=O)N(CCCC(=O)Nc1ccccc1C(=O)NCc1ccco1)c1ccc(F)cc1. The van der Waals surface area contributed by atoms with Gasteiger partial charge in [-0.15, -0.1) is 0 Å². The molecule has 0 saturated carbocycles. The molecule has 0 spiro atoms. The molecule has 174 valence electrons. The van der Waals surface area contributed by atoms with Crippen molar-refractivity contribution in [3.05, 3.63) is 84.1 Å². The topological polar surface area (TPSA) is 109 Å². The summed E-state index contributed by atoms with van der Waals surface area (Å²) in [6.07, 6.45) is 2.81. The minimum atomic E-state index is -3.61. The smallest absolute Gasteiger partial charge is 0.253 e. The Morgan fingerprint density at radius 2 is 1.76 bits per heavy atom. The third-order valence-corrected chi connectivity index (χ3v) is 5.92. The van der Waals surface area contributed by atoms with Crippen LogP contribution in [0.5, 0.6) is 0 Å². The van der Waals surface area contributed by atoms with Gasteiger partial charge in [0.2, 0.25) is 15.9 Å². The van der Waals surface area contributed by atoms with Crippen molar-refractivity contribution in [3.8, 4) is 0 Å². The van der Waals surface area contributed by atoms with E-state index < -0.39 is 15.8 Å². The van der Waals surface area contributed by atoms with Gasteiger partial charge >= 0.3 is 0 Å². The Kier molecular flexibility index (Phi) is 7.83. The van der Waals surface area contributed by atoms with E-state index in [1.54, 1.807) is 36.4 Å². The summed E-state index contributed by atoms with van der Waals surface area (Å²) < 4.78 is 43.7. The number of nitrogens with zero attached hydrogens (tertiary/aromatic N) is 1.